The van der Waals surface area contributed by atoms with Crippen LogP contribution in [0.4, 0.5) is 0 Å². The maximum absolute atomic E-state index is 8.90. The predicted molar refractivity (Wildman–Crippen MR) is 43.2 cm³/mol. The molecule has 0 fully saturated rings. The van der Waals surface area contributed by atoms with Crippen molar-refractivity contribution < 1.29 is 15.3 Å². The lowest BCUT2D eigenvalue weighted by Crippen LogP contribution is -2.41. The van der Waals surface area contributed by atoms with Crippen molar-refractivity contribution in [3.8, 4) is 5.75 Å². The van der Waals surface area contributed by atoms with Crippen LogP contribution < -0.4 is 5.73 Å². The summed E-state index contributed by atoms with van der Waals surface area (Å²) in [5, 5.41) is 26.5. The summed E-state index contributed by atoms with van der Waals surface area (Å²) >= 11 is 0. The van der Waals surface area contributed by atoms with Crippen molar-refractivity contribution in [1.82, 2.24) is 0 Å². The summed E-state index contributed by atoms with van der Waals surface area (Å²) in [6.07, 6.45) is -0.0622. The summed E-state index contributed by atoms with van der Waals surface area (Å²) in [6, 6.07) is 6.06. The lowest BCUT2D eigenvalue weighted by Gasteiger charge is -2.14. The van der Waals surface area contributed by atoms with Crippen molar-refractivity contribution >= 4 is 0 Å². The Labute approximate surface area is 69.9 Å². The summed E-state index contributed by atoms with van der Waals surface area (Å²) in [7, 11) is 0. The second kappa shape index (κ2) is 3.10. The summed E-state index contributed by atoms with van der Waals surface area (Å²) < 4.78 is 0. The van der Waals surface area contributed by atoms with Gasteiger partial charge in [-0.15, -0.1) is 0 Å². The van der Waals surface area contributed by atoms with Gasteiger partial charge in [-0.2, -0.15) is 0 Å². The molecule has 12 heavy (non-hydrogen) atoms. The highest BCUT2D eigenvalue weighted by Crippen LogP contribution is 2.12. The first kappa shape index (κ1) is 8.99. The Kier molecular flexibility index (Phi) is 2.32. The molecule has 0 saturated heterocycles. The molecule has 0 bridgehead atoms. The minimum absolute atomic E-state index is 0.0622. The van der Waals surface area contributed by atoms with Crippen LogP contribution in [0, 0.1) is 0 Å². The third-order valence-electron chi connectivity index (χ3n) is 1.40. The maximum atomic E-state index is 8.90. The van der Waals surface area contributed by atoms with Gasteiger partial charge >= 0.3 is 0 Å². The highest BCUT2D eigenvalue weighted by atomic mass is 16.5. The molecule has 0 spiro atoms. The van der Waals surface area contributed by atoms with Gasteiger partial charge in [-0.1, -0.05) is 12.1 Å². The molecule has 4 nitrogen and oxygen atoms in total. The molecule has 0 unspecified atom stereocenters. The molecular weight excluding hydrogens is 158 g/mol. The Balaban J connectivity index is 2.71. The van der Waals surface area contributed by atoms with Gasteiger partial charge < -0.3 is 15.3 Å². The summed E-state index contributed by atoms with van der Waals surface area (Å²) in [5.41, 5.74) is 5.61. The van der Waals surface area contributed by atoms with Crippen molar-refractivity contribution in [3.05, 3.63) is 29.8 Å². The zero-order valence-corrected chi connectivity index (χ0v) is 6.44. The average Bonchev–Trinajstić information content (AvgIpc) is 1.91. The normalized spacial score (nSPS) is 11.6. The van der Waals surface area contributed by atoms with E-state index in [1.807, 2.05) is 0 Å². The number of benzene rings is 1. The first-order valence-corrected chi connectivity index (χ1v) is 3.49. The van der Waals surface area contributed by atoms with Crippen LogP contribution in [0.1, 0.15) is 5.56 Å². The van der Waals surface area contributed by atoms with Gasteiger partial charge in [-0.25, -0.2) is 0 Å². The van der Waals surface area contributed by atoms with Crippen LogP contribution in [-0.2, 0) is 6.42 Å². The second-order valence-corrected chi connectivity index (χ2v) is 2.72. The lowest BCUT2D eigenvalue weighted by molar-refractivity contribution is -0.153. The molecule has 4 heteroatoms. The van der Waals surface area contributed by atoms with Gasteiger partial charge in [0.25, 0.3) is 0 Å². The van der Waals surface area contributed by atoms with E-state index >= 15 is 0 Å². The van der Waals surface area contributed by atoms with Crippen LogP contribution in [0.15, 0.2) is 24.3 Å². The standard InChI is InChI=1S/C8H11NO3/c9-8(11,12)5-6-1-3-7(10)4-2-6/h1-4,10-12H,5,9H2. The highest BCUT2D eigenvalue weighted by molar-refractivity contribution is 5.26. The molecular formula is C8H11NO3. The fourth-order valence-electron chi connectivity index (χ4n) is 0.914. The van der Waals surface area contributed by atoms with Crippen molar-refractivity contribution in [1.29, 1.82) is 0 Å². The third kappa shape index (κ3) is 2.87. The number of hydrogen-bond donors (Lipinski definition) is 4. The van der Waals surface area contributed by atoms with E-state index in [1.165, 1.54) is 12.1 Å². The minimum Gasteiger partial charge on any atom is -0.508 e. The van der Waals surface area contributed by atoms with Crippen LogP contribution in [0.2, 0.25) is 0 Å². The van der Waals surface area contributed by atoms with Gasteiger partial charge in [0.15, 0.2) is 0 Å². The summed E-state index contributed by atoms with van der Waals surface area (Å²) in [6.45, 7) is 0. The lowest BCUT2D eigenvalue weighted by atomic mass is 10.1. The van der Waals surface area contributed by atoms with Crippen LogP contribution in [0.25, 0.3) is 0 Å². The number of phenols is 1. The van der Waals surface area contributed by atoms with Crippen LogP contribution in [0.5, 0.6) is 5.75 Å². The average molecular weight is 169 g/mol. The molecule has 66 valence electrons. The van der Waals surface area contributed by atoms with Crippen molar-refractivity contribution in [2.24, 2.45) is 5.73 Å². The molecule has 0 aliphatic heterocycles. The van der Waals surface area contributed by atoms with E-state index in [0.717, 1.165) is 0 Å². The number of rotatable bonds is 2. The van der Waals surface area contributed by atoms with Gasteiger partial charge in [0.05, 0.1) is 0 Å². The monoisotopic (exact) mass is 169 g/mol. The molecule has 1 rings (SSSR count). The zero-order chi connectivity index (χ0) is 9.19. The van der Waals surface area contributed by atoms with Crippen molar-refractivity contribution in [2.45, 2.75) is 12.3 Å². The molecule has 0 atom stereocenters. The third-order valence-corrected chi connectivity index (χ3v) is 1.40. The first-order chi connectivity index (χ1) is 5.47. The van der Waals surface area contributed by atoms with E-state index in [-0.39, 0.29) is 12.2 Å². The Hall–Kier alpha value is -1.10. The van der Waals surface area contributed by atoms with Gasteiger partial charge in [-0.3, -0.25) is 5.73 Å². The molecule has 0 saturated carbocycles. The highest BCUT2D eigenvalue weighted by Gasteiger charge is 2.15. The topological polar surface area (TPSA) is 86.7 Å². The molecule has 5 N–H and O–H groups in total. The molecule has 0 heterocycles. The van der Waals surface area contributed by atoms with Gasteiger partial charge in [0, 0.05) is 6.42 Å². The van der Waals surface area contributed by atoms with E-state index in [0.29, 0.717) is 5.56 Å². The summed E-state index contributed by atoms with van der Waals surface area (Å²) in [5.74, 6) is -2.05. The second-order valence-electron chi connectivity index (χ2n) is 2.72. The fourth-order valence-corrected chi connectivity index (χ4v) is 0.914. The van der Waals surface area contributed by atoms with E-state index in [4.69, 9.17) is 21.1 Å². The number of phenolic OH excluding ortho intramolecular Hbond substituents is 1. The van der Waals surface area contributed by atoms with Crippen LogP contribution >= 0.6 is 0 Å². The molecule has 0 aliphatic rings. The van der Waals surface area contributed by atoms with Crippen LogP contribution in [0.3, 0.4) is 0 Å². The van der Waals surface area contributed by atoms with E-state index in [2.05, 4.69) is 0 Å². The maximum Gasteiger partial charge on any atom is 0.223 e. The number of hydrogen-bond acceptors (Lipinski definition) is 4. The Bertz CT molecular complexity index is 250. The number of nitrogens with two attached hydrogens (primary N) is 1. The zero-order valence-electron chi connectivity index (χ0n) is 6.44. The van der Waals surface area contributed by atoms with Gasteiger partial charge in [0.1, 0.15) is 5.75 Å². The van der Waals surface area contributed by atoms with Crippen molar-refractivity contribution in [3.63, 3.8) is 0 Å². The van der Waals surface area contributed by atoms with E-state index in [9.17, 15) is 0 Å². The molecule has 1 aromatic carbocycles. The van der Waals surface area contributed by atoms with Gasteiger partial charge in [-0.05, 0) is 17.7 Å². The van der Waals surface area contributed by atoms with Gasteiger partial charge in [0.2, 0.25) is 5.91 Å². The minimum atomic E-state index is -2.18. The SMILES string of the molecule is NC(O)(O)Cc1ccc(O)cc1. The first-order valence-electron chi connectivity index (χ1n) is 3.49. The molecule has 1 aromatic rings. The summed E-state index contributed by atoms with van der Waals surface area (Å²) in [4.78, 5) is 0. The largest absolute Gasteiger partial charge is 0.508 e. The number of aromatic hydroxyl groups is 1. The number of aliphatic hydroxyl groups is 2. The fraction of sp³-hybridized carbons (Fsp3) is 0.250. The molecule has 0 amide bonds. The molecule has 0 aliphatic carbocycles. The quantitative estimate of drug-likeness (QED) is 0.451. The Morgan fingerprint density at radius 2 is 1.67 bits per heavy atom. The predicted octanol–water partition coefficient (Wildman–Crippen LogP) is -0.468. The van der Waals surface area contributed by atoms with Crippen molar-refractivity contribution in [2.75, 3.05) is 0 Å². The molecule has 0 aromatic heterocycles. The smallest absolute Gasteiger partial charge is 0.223 e. The van der Waals surface area contributed by atoms with Crippen LogP contribution in [-0.4, -0.2) is 21.2 Å². The van der Waals surface area contributed by atoms with E-state index in [1.54, 1.807) is 12.1 Å². The Morgan fingerprint density at radius 3 is 2.08 bits per heavy atom. The molecule has 0 radical (unpaired) electrons. The van der Waals surface area contributed by atoms with E-state index < -0.39 is 5.91 Å². The Morgan fingerprint density at radius 1 is 1.17 bits per heavy atom.